The number of carbonyl (C=O) groups excluding carboxylic acids is 1. The zero-order chi connectivity index (χ0) is 12.1. The van der Waals surface area contributed by atoms with E-state index in [0.717, 1.165) is 6.08 Å². The molecule has 0 aromatic heterocycles. The SMILES string of the molecule is C=CC(=O)O[C@@H](CC(=O)O)C[N+](C)(C)C. The fraction of sp³-hybridized carbons (Fsp3) is 0.600. The van der Waals surface area contributed by atoms with E-state index < -0.39 is 18.0 Å². The van der Waals surface area contributed by atoms with Gasteiger partial charge in [0, 0.05) is 6.08 Å². The van der Waals surface area contributed by atoms with E-state index in [-0.39, 0.29) is 6.42 Å². The molecular weight excluding hydrogens is 198 g/mol. The number of carboxylic acid groups (broad SMARTS) is 1. The molecule has 0 unspecified atom stereocenters. The first-order valence-corrected chi connectivity index (χ1v) is 4.60. The molecule has 0 heterocycles. The van der Waals surface area contributed by atoms with Crippen LogP contribution in [0, 0.1) is 0 Å². The Morgan fingerprint density at radius 2 is 2.00 bits per heavy atom. The number of hydrogen-bond acceptors (Lipinski definition) is 3. The number of rotatable bonds is 6. The maximum Gasteiger partial charge on any atom is 0.330 e. The van der Waals surface area contributed by atoms with Crippen molar-refractivity contribution in [3.05, 3.63) is 12.7 Å². The maximum absolute atomic E-state index is 10.9. The number of likely N-dealkylation sites (N-methyl/N-ethyl adjacent to an activating group) is 1. The van der Waals surface area contributed by atoms with Gasteiger partial charge in [-0.3, -0.25) is 4.79 Å². The van der Waals surface area contributed by atoms with Gasteiger partial charge in [0.2, 0.25) is 0 Å². The molecule has 5 heteroatoms. The Labute approximate surface area is 89.5 Å². The van der Waals surface area contributed by atoms with Gasteiger partial charge >= 0.3 is 11.9 Å². The molecule has 5 nitrogen and oxygen atoms in total. The summed E-state index contributed by atoms with van der Waals surface area (Å²) in [4.78, 5) is 21.5. The third-order valence-electron chi connectivity index (χ3n) is 1.60. The lowest BCUT2D eigenvalue weighted by Crippen LogP contribution is -2.43. The van der Waals surface area contributed by atoms with Crippen LogP contribution in [0.15, 0.2) is 12.7 Å². The summed E-state index contributed by atoms with van der Waals surface area (Å²) in [7, 11) is 5.70. The van der Waals surface area contributed by atoms with Gasteiger partial charge in [0.15, 0.2) is 6.10 Å². The molecule has 0 saturated heterocycles. The number of quaternary nitrogens is 1. The molecule has 0 spiro atoms. The van der Waals surface area contributed by atoms with Crippen molar-refractivity contribution in [1.29, 1.82) is 0 Å². The molecule has 15 heavy (non-hydrogen) atoms. The minimum atomic E-state index is -0.981. The first-order valence-electron chi connectivity index (χ1n) is 4.60. The summed E-state index contributed by atoms with van der Waals surface area (Å²) in [6, 6.07) is 0. The molecule has 1 atom stereocenters. The van der Waals surface area contributed by atoms with Crippen LogP contribution in [-0.2, 0) is 14.3 Å². The van der Waals surface area contributed by atoms with Gasteiger partial charge in [-0.15, -0.1) is 0 Å². The van der Waals surface area contributed by atoms with E-state index in [1.165, 1.54) is 0 Å². The van der Waals surface area contributed by atoms with Crippen molar-refractivity contribution in [2.24, 2.45) is 0 Å². The van der Waals surface area contributed by atoms with Crippen LogP contribution >= 0.6 is 0 Å². The van der Waals surface area contributed by atoms with Gasteiger partial charge in [0.05, 0.1) is 27.6 Å². The Hall–Kier alpha value is -1.36. The van der Waals surface area contributed by atoms with Crippen molar-refractivity contribution < 1.29 is 23.9 Å². The summed E-state index contributed by atoms with van der Waals surface area (Å²) in [5, 5.41) is 8.64. The van der Waals surface area contributed by atoms with E-state index in [1.54, 1.807) is 0 Å². The molecule has 0 aromatic rings. The Morgan fingerprint density at radius 1 is 1.47 bits per heavy atom. The lowest BCUT2D eigenvalue weighted by molar-refractivity contribution is -0.873. The van der Waals surface area contributed by atoms with Crippen LogP contribution in [0.4, 0.5) is 0 Å². The fourth-order valence-electron chi connectivity index (χ4n) is 1.16. The van der Waals surface area contributed by atoms with Crippen LogP contribution in [0.2, 0.25) is 0 Å². The Balaban J connectivity index is 4.37. The standard InChI is InChI=1S/C10H17NO4/c1-5-10(14)15-8(6-9(12)13)7-11(2,3)4/h5,8H,1,6-7H2,2-4H3/p+1/t8-/m0/s1. The highest BCUT2D eigenvalue weighted by Crippen LogP contribution is 2.05. The van der Waals surface area contributed by atoms with E-state index in [0.29, 0.717) is 11.0 Å². The monoisotopic (exact) mass is 216 g/mol. The van der Waals surface area contributed by atoms with E-state index in [1.807, 2.05) is 21.1 Å². The average Bonchev–Trinajstić information content (AvgIpc) is 1.99. The minimum absolute atomic E-state index is 0.185. The van der Waals surface area contributed by atoms with Crippen LogP contribution in [0.25, 0.3) is 0 Å². The molecule has 0 bridgehead atoms. The Morgan fingerprint density at radius 3 is 2.33 bits per heavy atom. The number of nitrogens with zero attached hydrogens (tertiary/aromatic N) is 1. The maximum atomic E-state index is 10.9. The van der Waals surface area contributed by atoms with E-state index in [4.69, 9.17) is 9.84 Å². The van der Waals surface area contributed by atoms with Crippen molar-refractivity contribution in [3.63, 3.8) is 0 Å². The second-order valence-corrected chi connectivity index (χ2v) is 4.33. The molecule has 86 valence electrons. The molecule has 1 N–H and O–H groups in total. The molecular formula is C10H18NO4+. The first kappa shape index (κ1) is 13.6. The highest BCUT2D eigenvalue weighted by molar-refractivity contribution is 5.81. The second-order valence-electron chi connectivity index (χ2n) is 4.33. The molecule has 0 aliphatic rings. The minimum Gasteiger partial charge on any atom is -0.481 e. The molecule has 0 amide bonds. The zero-order valence-electron chi connectivity index (χ0n) is 9.40. The predicted octanol–water partition coefficient (Wildman–Crippen LogP) is 0.265. The average molecular weight is 216 g/mol. The number of aliphatic carboxylic acids is 1. The van der Waals surface area contributed by atoms with Crippen molar-refractivity contribution in [1.82, 2.24) is 0 Å². The Kier molecular flexibility index (Phi) is 5.00. The van der Waals surface area contributed by atoms with Crippen LogP contribution in [0.3, 0.4) is 0 Å². The van der Waals surface area contributed by atoms with Crippen molar-refractivity contribution in [2.45, 2.75) is 12.5 Å². The molecule has 0 aliphatic carbocycles. The van der Waals surface area contributed by atoms with Crippen LogP contribution < -0.4 is 0 Å². The summed E-state index contributed by atoms with van der Waals surface area (Å²) in [5.41, 5.74) is 0. The van der Waals surface area contributed by atoms with Gasteiger partial charge in [-0.2, -0.15) is 0 Å². The molecule has 0 aromatic carbocycles. The van der Waals surface area contributed by atoms with Gasteiger partial charge in [0.25, 0.3) is 0 Å². The van der Waals surface area contributed by atoms with Crippen LogP contribution in [-0.4, -0.2) is 55.3 Å². The second kappa shape index (κ2) is 5.50. The van der Waals surface area contributed by atoms with Crippen molar-refractivity contribution in [2.75, 3.05) is 27.7 Å². The normalized spacial score (nSPS) is 13.0. The lowest BCUT2D eigenvalue weighted by Gasteiger charge is -2.28. The molecule has 0 fully saturated rings. The quantitative estimate of drug-likeness (QED) is 0.393. The summed E-state index contributed by atoms with van der Waals surface area (Å²) in [6.07, 6.45) is 0.229. The predicted molar refractivity (Wildman–Crippen MR) is 55.2 cm³/mol. The van der Waals surface area contributed by atoms with Gasteiger partial charge in [-0.25, -0.2) is 4.79 Å². The van der Waals surface area contributed by atoms with Crippen LogP contribution in [0.1, 0.15) is 6.42 Å². The number of ether oxygens (including phenoxy) is 1. The number of hydrogen-bond donors (Lipinski definition) is 1. The lowest BCUT2D eigenvalue weighted by atomic mass is 10.2. The van der Waals surface area contributed by atoms with Crippen LogP contribution in [0.5, 0.6) is 0 Å². The van der Waals surface area contributed by atoms with Gasteiger partial charge < -0.3 is 14.3 Å². The largest absolute Gasteiger partial charge is 0.481 e. The van der Waals surface area contributed by atoms with Gasteiger partial charge in [-0.05, 0) is 0 Å². The third kappa shape index (κ3) is 7.69. The van der Waals surface area contributed by atoms with Crippen molar-refractivity contribution >= 4 is 11.9 Å². The topological polar surface area (TPSA) is 63.6 Å². The number of esters is 1. The zero-order valence-corrected chi connectivity index (χ0v) is 9.40. The van der Waals surface area contributed by atoms with Gasteiger partial charge in [-0.1, -0.05) is 6.58 Å². The smallest absolute Gasteiger partial charge is 0.330 e. The summed E-state index contributed by atoms with van der Waals surface area (Å²) >= 11 is 0. The molecule has 0 rings (SSSR count). The summed E-state index contributed by atoms with van der Waals surface area (Å²) < 4.78 is 5.46. The van der Waals surface area contributed by atoms with E-state index in [2.05, 4.69) is 6.58 Å². The molecule has 0 radical (unpaired) electrons. The third-order valence-corrected chi connectivity index (χ3v) is 1.60. The summed E-state index contributed by atoms with van der Waals surface area (Å²) in [5.74, 6) is -1.57. The molecule has 0 saturated carbocycles. The Bertz CT molecular complexity index is 255. The van der Waals surface area contributed by atoms with Crippen molar-refractivity contribution in [3.8, 4) is 0 Å². The number of carbonyl (C=O) groups is 2. The van der Waals surface area contributed by atoms with E-state index in [9.17, 15) is 9.59 Å². The molecule has 0 aliphatic heterocycles. The highest BCUT2D eigenvalue weighted by atomic mass is 16.5. The van der Waals surface area contributed by atoms with E-state index >= 15 is 0 Å². The van der Waals surface area contributed by atoms with Gasteiger partial charge in [0.1, 0.15) is 6.54 Å². The number of carboxylic acids is 1. The first-order chi connectivity index (χ1) is 6.74. The fourth-order valence-corrected chi connectivity index (χ4v) is 1.16. The summed E-state index contributed by atoms with van der Waals surface area (Å²) in [6.45, 7) is 3.71. The highest BCUT2D eigenvalue weighted by Gasteiger charge is 2.23.